The van der Waals surface area contributed by atoms with Gasteiger partial charge in [0.2, 0.25) is 0 Å². The van der Waals surface area contributed by atoms with Crippen molar-refractivity contribution in [1.82, 2.24) is 14.9 Å². The van der Waals surface area contributed by atoms with Crippen molar-refractivity contribution in [3.05, 3.63) is 58.3 Å². The number of hydrogen-bond acceptors (Lipinski definition) is 4. The number of likely N-dealkylation sites (N-methyl/N-ethyl adjacent to an activating group) is 1. The maximum Gasteiger partial charge on any atom is 0.253 e. The molecule has 0 saturated heterocycles. The van der Waals surface area contributed by atoms with Crippen molar-refractivity contribution in [3.63, 3.8) is 0 Å². The first-order valence-corrected chi connectivity index (χ1v) is 7.04. The van der Waals surface area contributed by atoms with E-state index in [1.807, 2.05) is 26.0 Å². The Kier molecular flexibility index (Phi) is 5.11. The molecule has 0 saturated carbocycles. The van der Waals surface area contributed by atoms with Gasteiger partial charge >= 0.3 is 0 Å². The normalized spacial score (nSPS) is 12.1. The summed E-state index contributed by atoms with van der Waals surface area (Å²) in [6, 6.07) is 7.53. The fourth-order valence-electron chi connectivity index (χ4n) is 2.36. The number of aromatic nitrogens is 2. The lowest BCUT2D eigenvalue weighted by atomic mass is 10.0. The van der Waals surface area contributed by atoms with Gasteiger partial charge in [0.05, 0.1) is 19.5 Å². The Labute approximate surface area is 124 Å². The standard InChI is InChI=1S/C16H21N3O2/c1-4-18-14(10-19-11-17-8-7-16(19)20)13-9-12(2)5-6-15(13)21-3/h5-9,11,14,18H,4,10H2,1-3H3. The van der Waals surface area contributed by atoms with Crippen LogP contribution >= 0.6 is 0 Å². The molecule has 0 aliphatic heterocycles. The molecule has 0 bridgehead atoms. The molecule has 0 amide bonds. The summed E-state index contributed by atoms with van der Waals surface area (Å²) in [4.78, 5) is 15.9. The van der Waals surface area contributed by atoms with E-state index in [1.54, 1.807) is 18.0 Å². The van der Waals surface area contributed by atoms with Crippen LogP contribution in [0.4, 0.5) is 0 Å². The van der Waals surface area contributed by atoms with Gasteiger partial charge in [0, 0.05) is 24.4 Å². The van der Waals surface area contributed by atoms with E-state index < -0.39 is 0 Å². The minimum atomic E-state index is -0.0560. The van der Waals surface area contributed by atoms with Crippen LogP contribution in [0.1, 0.15) is 24.1 Å². The summed E-state index contributed by atoms with van der Waals surface area (Å²) < 4.78 is 7.06. The van der Waals surface area contributed by atoms with Gasteiger partial charge in [0.25, 0.3) is 5.56 Å². The predicted molar refractivity (Wildman–Crippen MR) is 82.6 cm³/mol. The molecule has 0 aliphatic rings. The van der Waals surface area contributed by atoms with E-state index in [2.05, 4.69) is 16.4 Å². The van der Waals surface area contributed by atoms with Crippen molar-refractivity contribution in [3.8, 4) is 5.75 Å². The van der Waals surface area contributed by atoms with Crippen LogP contribution in [0.2, 0.25) is 0 Å². The summed E-state index contributed by atoms with van der Waals surface area (Å²) >= 11 is 0. The van der Waals surface area contributed by atoms with Crippen LogP contribution in [0.3, 0.4) is 0 Å². The number of aryl methyl sites for hydroxylation is 1. The zero-order chi connectivity index (χ0) is 15.2. The second-order valence-corrected chi connectivity index (χ2v) is 4.93. The highest BCUT2D eigenvalue weighted by molar-refractivity contribution is 5.39. The van der Waals surface area contributed by atoms with Crippen molar-refractivity contribution in [2.45, 2.75) is 26.4 Å². The van der Waals surface area contributed by atoms with E-state index in [0.29, 0.717) is 6.54 Å². The second kappa shape index (κ2) is 7.04. The van der Waals surface area contributed by atoms with Gasteiger partial charge in [-0.25, -0.2) is 4.98 Å². The molecular formula is C16H21N3O2. The molecule has 2 rings (SSSR count). The topological polar surface area (TPSA) is 56.2 Å². The molecule has 21 heavy (non-hydrogen) atoms. The monoisotopic (exact) mass is 287 g/mol. The van der Waals surface area contributed by atoms with Crippen molar-refractivity contribution < 1.29 is 4.74 Å². The molecule has 0 aliphatic carbocycles. The Morgan fingerprint density at radius 3 is 2.86 bits per heavy atom. The van der Waals surface area contributed by atoms with E-state index in [1.165, 1.54) is 12.3 Å². The van der Waals surface area contributed by atoms with E-state index in [-0.39, 0.29) is 11.6 Å². The van der Waals surface area contributed by atoms with Gasteiger partial charge < -0.3 is 10.1 Å². The molecular weight excluding hydrogens is 266 g/mol. The molecule has 1 heterocycles. The zero-order valence-corrected chi connectivity index (χ0v) is 12.7. The minimum absolute atomic E-state index is 0.00764. The number of nitrogens with zero attached hydrogens (tertiary/aromatic N) is 2. The lowest BCUT2D eigenvalue weighted by Crippen LogP contribution is -2.30. The highest BCUT2D eigenvalue weighted by atomic mass is 16.5. The predicted octanol–water partition coefficient (Wildman–Crippen LogP) is 1.91. The molecule has 1 N–H and O–H groups in total. The van der Waals surface area contributed by atoms with Crippen LogP contribution in [0.25, 0.3) is 0 Å². The Balaban J connectivity index is 2.37. The summed E-state index contributed by atoms with van der Waals surface area (Å²) in [6.07, 6.45) is 3.07. The first-order chi connectivity index (χ1) is 10.2. The Morgan fingerprint density at radius 1 is 1.38 bits per heavy atom. The molecule has 112 valence electrons. The second-order valence-electron chi connectivity index (χ2n) is 4.93. The lowest BCUT2D eigenvalue weighted by molar-refractivity contribution is 0.389. The van der Waals surface area contributed by atoms with Gasteiger partial charge in [-0.1, -0.05) is 24.6 Å². The molecule has 2 aromatic rings. The summed E-state index contributed by atoms with van der Waals surface area (Å²) in [5.74, 6) is 0.823. The largest absolute Gasteiger partial charge is 0.496 e. The van der Waals surface area contributed by atoms with Gasteiger partial charge in [0.15, 0.2) is 0 Å². The van der Waals surface area contributed by atoms with Crippen LogP contribution in [-0.4, -0.2) is 23.2 Å². The van der Waals surface area contributed by atoms with Crippen LogP contribution in [0.15, 0.2) is 41.6 Å². The molecule has 1 atom stereocenters. The molecule has 5 nitrogen and oxygen atoms in total. The first-order valence-electron chi connectivity index (χ1n) is 7.04. The van der Waals surface area contributed by atoms with Gasteiger partial charge in [-0.05, 0) is 19.5 Å². The van der Waals surface area contributed by atoms with Crippen molar-refractivity contribution in [1.29, 1.82) is 0 Å². The van der Waals surface area contributed by atoms with Crippen LogP contribution in [-0.2, 0) is 6.54 Å². The zero-order valence-electron chi connectivity index (χ0n) is 12.7. The molecule has 0 radical (unpaired) electrons. The fourth-order valence-corrected chi connectivity index (χ4v) is 2.36. The summed E-state index contributed by atoms with van der Waals surface area (Å²) in [5, 5.41) is 3.41. The quantitative estimate of drug-likeness (QED) is 0.882. The number of hydrogen-bond donors (Lipinski definition) is 1. The van der Waals surface area contributed by atoms with Crippen molar-refractivity contribution in [2.75, 3.05) is 13.7 Å². The minimum Gasteiger partial charge on any atom is -0.496 e. The smallest absolute Gasteiger partial charge is 0.253 e. The van der Waals surface area contributed by atoms with Gasteiger partial charge in [-0.3, -0.25) is 9.36 Å². The van der Waals surface area contributed by atoms with Crippen molar-refractivity contribution in [2.24, 2.45) is 0 Å². The Bertz CT molecular complexity index is 652. The Morgan fingerprint density at radius 2 is 2.19 bits per heavy atom. The maximum atomic E-state index is 11.9. The highest BCUT2D eigenvalue weighted by Crippen LogP contribution is 2.27. The fraction of sp³-hybridized carbons (Fsp3) is 0.375. The van der Waals surface area contributed by atoms with E-state index in [0.717, 1.165) is 23.4 Å². The summed E-state index contributed by atoms with van der Waals surface area (Å²) in [7, 11) is 1.66. The third kappa shape index (κ3) is 3.70. The number of rotatable bonds is 6. The molecule has 1 aromatic heterocycles. The average molecular weight is 287 g/mol. The third-order valence-electron chi connectivity index (χ3n) is 3.38. The molecule has 5 heteroatoms. The van der Waals surface area contributed by atoms with Gasteiger partial charge in [0.1, 0.15) is 5.75 Å². The number of ether oxygens (including phenoxy) is 1. The molecule has 1 unspecified atom stereocenters. The van der Waals surface area contributed by atoms with E-state index >= 15 is 0 Å². The number of benzene rings is 1. The van der Waals surface area contributed by atoms with Gasteiger partial charge in [-0.15, -0.1) is 0 Å². The van der Waals surface area contributed by atoms with E-state index in [9.17, 15) is 4.79 Å². The SMILES string of the molecule is CCNC(Cn1cnccc1=O)c1cc(C)ccc1OC. The van der Waals surface area contributed by atoms with Crippen molar-refractivity contribution >= 4 is 0 Å². The maximum absolute atomic E-state index is 11.9. The summed E-state index contributed by atoms with van der Waals surface area (Å²) in [6.45, 7) is 5.40. The van der Waals surface area contributed by atoms with Crippen LogP contribution in [0.5, 0.6) is 5.75 Å². The number of methoxy groups -OCH3 is 1. The Hall–Kier alpha value is -2.14. The molecule has 0 spiro atoms. The van der Waals surface area contributed by atoms with Crippen LogP contribution < -0.4 is 15.6 Å². The molecule has 0 fully saturated rings. The lowest BCUT2D eigenvalue weighted by Gasteiger charge is -2.22. The molecule has 1 aromatic carbocycles. The third-order valence-corrected chi connectivity index (χ3v) is 3.38. The highest BCUT2D eigenvalue weighted by Gasteiger charge is 2.16. The average Bonchev–Trinajstić information content (AvgIpc) is 2.49. The summed E-state index contributed by atoms with van der Waals surface area (Å²) in [5.41, 5.74) is 2.15. The van der Waals surface area contributed by atoms with E-state index in [4.69, 9.17) is 4.74 Å². The van der Waals surface area contributed by atoms with Crippen LogP contribution in [0, 0.1) is 6.92 Å². The number of nitrogens with one attached hydrogen (secondary N) is 1. The first kappa shape index (κ1) is 15.3. The van der Waals surface area contributed by atoms with Gasteiger partial charge in [-0.2, -0.15) is 0 Å².